The van der Waals surface area contributed by atoms with Crippen molar-refractivity contribution in [2.45, 2.75) is 44.6 Å². The van der Waals surface area contributed by atoms with Crippen LogP contribution in [0.25, 0.3) is 0 Å². The SMILES string of the molecule is CN(C)C(CNCCC1CCCCC1)c1ccco1. The second kappa shape index (κ2) is 7.71. The fourth-order valence-corrected chi connectivity index (χ4v) is 3.04. The average molecular weight is 264 g/mol. The monoisotopic (exact) mass is 264 g/mol. The molecule has 0 bridgehead atoms. The van der Waals surface area contributed by atoms with Gasteiger partial charge >= 0.3 is 0 Å². The van der Waals surface area contributed by atoms with Crippen LogP contribution in [0.3, 0.4) is 0 Å². The molecule has 0 saturated heterocycles. The van der Waals surface area contributed by atoms with Crippen LogP contribution in [-0.2, 0) is 0 Å². The van der Waals surface area contributed by atoms with E-state index in [9.17, 15) is 0 Å². The van der Waals surface area contributed by atoms with Crippen LogP contribution in [0.15, 0.2) is 22.8 Å². The highest BCUT2D eigenvalue weighted by Gasteiger charge is 2.17. The molecular formula is C16H28N2O. The summed E-state index contributed by atoms with van der Waals surface area (Å²) < 4.78 is 5.52. The van der Waals surface area contributed by atoms with Crippen LogP contribution in [0.5, 0.6) is 0 Å². The second-order valence-electron chi connectivity index (χ2n) is 5.99. The third kappa shape index (κ3) is 4.66. The fourth-order valence-electron chi connectivity index (χ4n) is 3.04. The first-order valence-electron chi connectivity index (χ1n) is 7.68. The number of furan rings is 1. The summed E-state index contributed by atoms with van der Waals surface area (Å²) >= 11 is 0. The summed E-state index contributed by atoms with van der Waals surface area (Å²) in [5, 5.41) is 3.60. The minimum atomic E-state index is 0.335. The van der Waals surface area contributed by atoms with Crippen molar-refractivity contribution in [1.82, 2.24) is 10.2 Å². The highest BCUT2D eigenvalue weighted by molar-refractivity contribution is 5.04. The molecule has 1 heterocycles. The van der Waals surface area contributed by atoms with Crippen LogP contribution in [-0.4, -0.2) is 32.1 Å². The molecule has 3 nitrogen and oxygen atoms in total. The van der Waals surface area contributed by atoms with E-state index < -0.39 is 0 Å². The zero-order valence-electron chi connectivity index (χ0n) is 12.4. The molecule has 1 aromatic heterocycles. The smallest absolute Gasteiger partial charge is 0.122 e. The Morgan fingerprint density at radius 1 is 1.32 bits per heavy atom. The predicted molar refractivity (Wildman–Crippen MR) is 79.2 cm³/mol. The van der Waals surface area contributed by atoms with E-state index in [-0.39, 0.29) is 0 Å². The van der Waals surface area contributed by atoms with E-state index in [1.165, 1.54) is 38.5 Å². The highest BCUT2D eigenvalue weighted by Crippen LogP contribution is 2.25. The van der Waals surface area contributed by atoms with E-state index in [0.29, 0.717) is 6.04 Å². The van der Waals surface area contributed by atoms with Crippen molar-refractivity contribution in [3.63, 3.8) is 0 Å². The van der Waals surface area contributed by atoms with Crippen molar-refractivity contribution in [3.05, 3.63) is 24.2 Å². The van der Waals surface area contributed by atoms with Gasteiger partial charge in [-0.2, -0.15) is 0 Å². The van der Waals surface area contributed by atoms with Gasteiger partial charge in [-0.25, -0.2) is 0 Å². The van der Waals surface area contributed by atoms with Gasteiger partial charge in [0.15, 0.2) is 0 Å². The normalized spacial score (nSPS) is 18.9. The van der Waals surface area contributed by atoms with Crippen molar-refractivity contribution in [3.8, 4) is 0 Å². The Balaban J connectivity index is 1.68. The standard InChI is InChI=1S/C16H28N2O/c1-18(2)15(16-9-6-12-19-16)13-17-11-10-14-7-4-3-5-8-14/h6,9,12,14-15,17H,3-5,7-8,10-11,13H2,1-2H3. The first-order chi connectivity index (χ1) is 9.27. The number of nitrogens with one attached hydrogen (secondary N) is 1. The zero-order chi connectivity index (χ0) is 13.5. The molecule has 19 heavy (non-hydrogen) atoms. The van der Waals surface area contributed by atoms with Crippen molar-refractivity contribution >= 4 is 0 Å². The van der Waals surface area contributed by atoms with E-state index in [1.54, 1.807) is 6.26 Å². The number of nitrogens with zero attached hydrogens (tertiary/aromatic N) is 1. The highest BCUT2D eigenvalue weighted by atomic mass is 16.3. The Morgan fingerprint density at radius 2 is 2.11 bits per heavy atom. The summed E-state index contributed by atoms with van der Waals surface area (Å²) in [6, 6.07) is 4.36. The van der Waals surface area contributed by atoms with Crippen molar-refractivity contribution in [1.29, 1.82) is 0 Å². The number of hydrogen-bond acceptors (Lipinski definition) is 3. The summed E-state index contributed by atoms with van der Waals surface area (Å²) in [6.07, 6.45) is 10.3. The summed E-state index contributed by atoms with van der Waals surface area (Å²) in [5.41, 5.74) is 0. The topological polar surface area (TPSA) is 28.4 Å². The second-order valence-corrected chi connectivity index (χ2v) is 5.99. The summed E-state index contributed by atoms with van der Waals surface area (Å²) in [5.74, 6) is 2.01. The molecule has 0 amide bonds. The lowest BCUT2D eigenvalue weighted by atomic mass is 9.87. The van der Waals surface area contributed by atoms with E-state index in [2.05, 4.69) is 30.4 Å². The lowest BCUT2D eigenvalue weighted by Crippen LogP contribution is -2.32. The Morgan fingerprint density at radius 3 is 2.74 bits per heavy atom. The predicted octanol–water partition coefficient (Wildman–Crippen LogP) is 3.44. The van der Waals surface area contributed by atoms with Gasteiger partial charge in [-0.05, 0) is 45.1 Å². The summed E-state index contributed by atoms with van der Waals surface area (Å²) in [6.45, 7) is 2.10. The average Bonchev–Trinajstić information content (AvgIpc) is 2.93. The van der Waals surface area contributed by atoms with E-state index >= 15 is 0 Å². The maximum Gasteiger partial charge on any atom is 0.122 e. The van der Waals surface area contributed by atoms with Crippen molar-refractivity contribution < 1.29 is 4.42 Å². The molecule has 0 radical (unpaired) electrons. The molecule has 0 spiro atoms. The van der Waals surface area contributed by atoms with Gasteiger partial charge in [0.25, 0.3) is 0 Å². The van der Waals surface area contributed by atoms with Gasteiger partial charge in [0.2, 0.25) is 0 Å². The minimum Gasteiger partial charge on any atom is -0.468 e. The number of hydrogen-bond donors (Lipinski definition) is 1. The molecule has 0 aromatic carbocycles. The van der Waals surface area contributed by atoms with E-state index in [0.717, 1.165) is 24.8 Å². The van der Waals surface area contributed by atoms with E-state index in [1.807, 2.05) is 6.07 Å². The van der Waals surface area contributed by atoms with Crippen LogP contribution in [0, 0.1) is 5.92 Å². The van der Waals surface area contributed by atoms with Crippen molar-refractivity contribution in [2.75, 3.05) is 27.2 Å². The van der Waals surface area contributed by atoms with Gasteiger partial charge in [0, 0.05) is 6.54 Å². The van der Waals surface area contributed by atoms with Crippen LogP contribution in [0.2, 0.25) is 0 Å². The largest absolute Gasteiger partial charge is 0.468 e. The molecule has 1 N–H and O–H groups in total. The van der Waals surface area contributed by atoms with Gasteiger partial charge in [0.05, 0.1) is 12.3 Å². The molecule has 1 fully saturated rings. The molecule has 1 aromatic rings. The maximum atomic E-state index is 5.52. The van der Waals surface area contributed by atoms with Crippen LogP contribution in [0.1, 0.15) is 50.3 Å². The summed E-state index contributed by atoms with van der Waals surface area (Å²) in [4.78, 5) is 2.21. The Hall–Kier alpha value is -0.800. The Bertz CT molecular complexity index is 329. The molecular weight excluding hydrogens is 236 g/mol. The lowest BCUT2D eigenvalue weighted by Gasteiger charge is -2.24. The van der Waals surface area contributed by atoms with Crippen LogP contribution in [0.4, 0.5) is 0 Å². The quantitative estimate of drug-likeness (QED) is 0.765. The molecule has 0 aliphatic heterocycles. The number of likely N-dealkylation sites (N-methyl/N-ethyl adjacent to an activating group) is 1. The molecule has 1 aliphatic carbocycles. The lowest BCUT2D eigenvalue weighted by molar-refractivity contribution is 0.246. The molecule has 108 valence electrons. The van der Waals surface area contributed by atoms with Crippen LogP contribution >= 0.6 is 0 Å². The fraction of sp³-hybridized carbons (Fsp3) is 0.750. The van der Waals surface area contributed by atoms with Gasteiger partial charge in [-0.3, -0.25) is 4.90 Å². The van der Waals surface area contributed by atoms with E-state index in [4.69, 9.17) is 4.42 Å². The zero-order valence-corrected chi connectivity index (χ0v) is 12.4. The van der Waals surface area contributed by atoms with Gasteiger partial charge in [0.1, 0.15) is 5.76 Å². The third-order valence-corrected chi connectivity index (χ3v) is 4.29. The molecule has 1 aliphatic rings. The Kier molecular flexibility index (Phi) is 5.93. The molecule has 1 atom stereocenters. The molecule has 3 heteroatoms. The Labute approximate surface area is 117 Å². The number of rotatable bonds is 7. The third-order valence-electron chi connectivity index (χ3n) is 4.29. The first kappa shape index (κ1) is 14.6. The summed E-state index contributed by atoms with van der Waals surface area (Å²) in [7, 11) is 4.21. The molecule has 1 unspecified atom stereocenters. The molecule has 2 rings (SSSR count). The van der Waals surface area contributed by atoms with Gasteiger partial charge in [-0.1, -0.05) is 32.1 Å². The van der Waals surface area contributed by atoms with Gasteiger partial charge < -0.3 is 9.73 Å². The maximum absolute atomic E-state index is 5.52. The molecule has 1 saturated carbocycles. The first-order valence-corrected chi connectivity index (χ1v) is 7.68. The van der Waals surface area contributed by atoms with Crippen molar-refractivity contribution in [2.24, 2.45) is 5.92 Å². The minimum absolute atomic E-state index is 0.335. The van der Waals surface area contributed by atoms with Crippen LogP contribution < -0.4 is 5.32 Å². The van der Waals surface area contributed by atoms with Gasteiger partial charge in [-0.15, -0.1) is 0 Å².